The molecule has 0 heterocycles. The van der Waals surface area contributed by atoms with Crippen molar-refractivity contribution < 1.29 is 14.4 Å². The van der Waals surface area contributed by atoms with E-state index in [1.165, 1.54) is 5.57 Å². The van der Waals surface area contributed by atoms with E-state index in [0.717, 1.165) is 23.9 Å². The molecule has 0 rings (SSSR count). The topological polar surface area (TPSA) is 51.2 Å². The summed E-state index contributed by atoms with van der Waals surface area (Å²) in [5.74, 6) is 0. The highest BCUT2D eigenvalue weighted by Gasteiger charge is 1.80. The largest absolute Gasteiger partial charge is 0.373 e. The Bertz CT molecular complexity index is 521. The van der Waals surface area contributed by atoms with Gasteiger partial charge in [0.2, 0.25) is 0 Å². The Labute approximate surface area is 133 Å². The lowest BCUT2D eigenvalue weighted by Gasteiger charge is -1.89. The lowest BCUT2D eigenvalue weighted by molar-refractivity contribution is -0.191. The molecule has 0 aliphatic carbocycles. The van der Waals surface area contributed by atoms with E-state index in [0.29, 0.717) is 0 Å². The zero-order valence-electron chi connectivity index (χ0n) is 13.7. The Morgan fingerprint density at radius 3 is 1.77 bits per heavy atom. The maximum absolute atomic E-state index is 10.4. The van der Waals surface area contributed by atoms with Crippen LogP contribution in [0.25, 0.3) is 0 Å². The van der Waals surface area contributed by atoms with Gasteiger partial charge in [-0.3, -0.25) is 4.79 Å². The van der Waals surface area contributed by atoms with Gasteiger partial charge in [-0.2, -0.15) is 9.59 Å². The Kier molecular flexibility index (Phi) is 16.4. The van der Waals surface area contributed by atoms with Crippen LogP contribution >= 0.6 is 0 Å². The molecule has 0 aromatic carbocycles. The van der Waals surface area contributed by atoms with Crippen molar-refractivity contribution in [2.24, 2.45) is 0 Å². The third kappa shape index (κ3) is 17.5. The first kappa shape index (κ1) is 21.8. The van der Waals surface area contributed by atoms with Crippen LogP contribution < -0.4 is 0 Å². The molecule has 0 aliphatic heterocycles. The summed E-state index contributed by atoms with van der Waals surface area (Å²) in [4.78, 5) is 26.6. The molecule has 0 saturated carbocycles. The fraction of sp³-hybridized carbons (Fsp3) is 0.263. The highest BCUT2D eigenvalue weighted by molar-refractivity contribution is 5.72. The number of rotatable bonds is 7. The number of carbonyl (C=O) groups is 1. The van der Waals surface area contributed by atoms with Crippen LogP contribution in [0.3, 0.4) is 0 Å². The van der Waals surface area contributed by atoms with E-state index in [1.807, 2.05) is 31.2 Å². The molecular formula is C19H24O3. The highest BCUT2D eigenvalue weighted by atomic mass is 16.2. The van der Waals surface area contributed by atoms with Crippen molar-refractivity contribution in [1.82, 2.24) is 0 Å². The molecule has 0 aromatic heterocycles. The van der Waals surface area contributed by atoms with E-state index in [4.69, 9.17) is 9.59 Å². The quantitative estimate of drug-likeness (QED) is 0.394. The van der Waals surface area contributed by atoms with Crippen LogP contribution in [-0.2, 0) is 14.4 Å². The second-order valence-corrected chi connectivity index (χ2v) is 4.49. The van der Waals surface area contributed by atoms with Gasteiger partial charge >= 0.3 is 6.15 Å². The van der Waals surface area contributed by atoms with Crippen molar-refractivity contribution in [1.29, 1.82) is 0 Å². The Hall–Kier alpha value is -2.51. The van der Waals surface area contributed by atoms with Gasteiger partial charge in [0.05, 0.1) is 0 Å². The molecule has 0 radical (unpaired) electrons. The highest BCUT2D eigenvalue weighted by Crippen LogP contribution is 2.00. The van der Waals surface area contributed by atoms with Gasteiger partial charge in [0.1, 0.15) is 6.29 Å². The zero-order chi connectivity index (χ0) is 17.2. The molecule has 0 atom stereocenters. The first-order valence-corrected chi connectivity index (χ1v) is 6.99. The summed E-state index contributed by atoms with van der Waals surface area (Å²) in [5, 5.41) is 0. The van der Waals surface area contributed by atoms with Gasteiger partial charge in [-0.15, -0.1) is 0 Å². The van der Waals surface area contributed by atoms with E-state index >= 15 is 0 Å². The standard InChI is InChI=1S/C18H24O.CO2/c1-5-6-10-16(2)13-9-14-17(3)11-7-8-12-18(4)15-19;2-1-3/h6-15H,5H2,1-4H3;/b8-7+,10-6+,14-9+,16-13+,17-11+,18-12+;. The van der Waals surface area contributed by atoms with Crippen molar-refractivity contribution in [2.75, 3.05) is 0 Å². The molecule has 3 heteroatoms. The molecule has 0 fully saturated rings. The SMILES string of the molecule is CC/C=C/C(C)=C/C=C/C(C)=C/C=C/C=C(\C)C=O.O=C=O. The van der Waals surface area contributed by atoms with Gasteiger partial charge in [0, 0.05) is 0 Å². The molecular weight excluding hydrogens is 276 g/mol. The monoisotopic (exact) mass is 300 g/mol. The summed E-state index contributed by atoms with van der Waals surface area (Å²) in [5.41, 5.74) is 3.13. The average molecular weight is 300 g/mol. The smallest absolute Gasteiger partial charge is 0.298 e. The summed E-state index contributed by atoms with van der Waals surface area (Å²) < 4.78 is 0. The van der Waals surface area contributed by atoms with Gasteiger partial charge < -0.3 is 0 Å². The third-order valence-corrected chi connectivity index (χ3v) is 2.35. The number of allylic oxidation sites excluding steroid dienone is 12. The van der Waals surface area contributed by atoms with Crippen molar-refractivity contribution in [3.8, 4) is 0 Å². The van der Waals surface area contributed by atoms with Crippen molar-refractivity contribution >= 4 is 12.4 Å². The van der Waals surface area contributed by atoms with Gasteiger partial charge in [-0.25, -0.2) is 0 Å². The van der Waals surface area contributed by atoms with E-state index < -0.39 is 0 Å². The van der Waals surface area contributed by atoms with E-state index in [2.05, 4.69) is 38.2 Å². The normalized spacial score (nSPS) is 13.4. The van der Waals surface area contributed by atoms with Gasteiger partial charge in [-0.1, -0.05) is 72.8 Å². The summed E-state index contributed by atoms with van der Waals surface area (Å²) in [6.07, 6.45) is 20.2. The molecule has 0 amide bonds. The molecule has 3 nitrogen and oxygen atoms in total. The minimum absolute atomic E-state index is 0.250. The van der Waals surface area contributed by atoms with Crippen LogP contribution in [0.15, 0.2) is 71.4 Å². The molecule has 0 spiro atoms. The summed E-state index contributed by atoms with van der Waals surface area (Å²) in [7, 11) is 0. The average Bonchev–Trinajstić information content (AvgIpc) is 2.50. The minimum Gasteiger partial charge on any atom is -0.298 e. The predicted molar refractivity (Wildman–Crippen MR) is 90.1 cm³/mol. The zero-order valence-corrected chi connectivity index (χ0v) is 13.7. The molecule has 0 unspecified atom stereocenters. The molecule has 22 heavy (non-hydrogen) atoms. The summed E-state index contributed by atoms with van der Waals surface area (Å²) >= 11 is 0. The molecule has 0 aliphatic rings. The fourth-order valence-corrected chi connectivity index (χ4v) is 1.22. The van der Waals surface area contributed by atoms with Crippen LogP contribution in [-0.4, -0.2) is 12.4 Å². The number of aldehydes is 1. The second kappa shape index (κ2) is 16.5. The van der Waals surface area contributed by atoms with Crippen LogP contribution in [0.1, 0.15) is 34.1 Å². The van der Waals surface area contributed by atoms with Gasteiger partial charge in [-0.05, 0) is 32.8 Å². The number of carbonyl (C=O) groups excluding carboxylic acids is 3. The third-order valence-electron chi connectivity index (χ3n) is 2.35. The van der Waals surface area contributed by atoms with Crippen LogP contribution in [0.4, 0.5) is 0 Å². The fourth-order valence-electron chi connectivity index (χ4n) is 1.22. The van der Waals surface area contributed by atoms with E-state index in [1.54, 1.807) is 13.0 Å². The van der Waals surface area contributed by atoms with Gasteiger partial charge in [0.25, 0.3) is 0 Å². The van der Waals surface area contributed by atoms with Crippen molar-refractivity contribution in [3.63, 3.8) is 0 Å². The molecule has 118 valence electrons. The van der Waals surface area contributed by atoms with Crippen LogP contribution in [0.2, 0.25) is 0 Å². The predicted octanol–water partition coefficient (Wildman–Crippen LogP) is 4.52. The Morgan fingerprint density at radius 2 is 1.27 bits per heavy atom. The minimum atomic E-state index is 0.250. The first-order chi connectivity index (χ1) is 10.5. The van der Waals surface area contributed by atoms with E-state index in [9.17, 15) is 4.79 Å². The summed E-state index contributed by atoms with van der Waals surface area (Å²) in [6.45, 7) is 8.04. The van der Waals surface area contributed by atoms with Crippen molar-refractivity contribution in [2.45, 2.75) is 34.1 Å². The number of hydrogen-bond acceptors (Lipinski definition) is 3. The molecule has 0 bridgehead atoms. The molecule has 0 saturated heterocycles. The number of hydrogen-bond donors (Lipinski definition) is 0. The van der Waals surface area contributed by atoms with Crippen LogP contribution in [0.5, 0.6) is 0 Å². The van der Waals surface area contributed by atoms with Crippen LogP contribution in [0, 0.1) is 0 Å². The lowest BCUT2D eigenvalue weighted by atomic mass is 10.2. The van der Waals surface area contributed by atoms with E-state index in [-0.39, 0.29) is 6.15 Å². The van der Waals surface area contributed by atoms with Crippen molar-refractivity contribution in [3.05, 3.63) is 71.4 Å². The van der Waals surface area contributed by atoms with Gasteiger partial charge in [0.15, 0.2) is 0 Å². The first-order valence-electron chi connectivity index (χ1n) is 6.99. The summed E-state index contributed by atoms with van der Waals surface area (Å²) in [6, 6.07) is 0. The Morgan fingerprint density at radius 1 is 0.818 bits per heavy atom. The molecule has 0 aromatic rings. The maximum Gasteiger partial charge on any atom is 0.373 e. The molecule has 0 N–H and O–H groups in total. The maximum atomic E-state index is 10.4. The lowest BCUT2D eigenvalue weighted by Crippen LogP contribution is -1.72. The second-order valence-electron chi connectivity index (χ2n) is 4.49. The Balaban J connectivity index is 0.